The topological polar surface area (TPSA) is 76.7 Å². The Balaban J connectivity index is 1.95. The second-order valence-electron chi connectivity index (χ2n) is 4.85. The van der Waals surface area contributed by atoms with Gasteiger partial charge < -0.3 is 20.1 Å². The molecule has 126 valence electrons. The number of hydrogen-bond donors (Lipinski definition) is 2. The fourth-order valence-electron chi connectivity index (χ4n) is 1.98. The summed E-state index contributed by atoms with van der Waals surface area (Å²) in [6.45, 7) is 0. The van der Waals surface area contributed by atoms with Crippen LogP contribution in [0.4, 0.5) is 11.4 Å². The van der Waals surface area contributed by atoms with Crippen LogP contribution in [0, 0.1) is 0 Å². The van der Waals surface area contributed by atoms with E-state index in [2.05, 4.69) is 10.6 Å². The molecule has 0 saturated carbocycles. The zero-order valence-corrected chi connectivity index (χ0v) is 14.0. The predicted octanol–water partition coefficient (Wildman–Crippen LogP) is 3.32. The van der Waals surface area contributed by atoms with Crippen LogP contribution in [0.15, 0.2) is 42.5 Å². The van der Waals surface area contributed by atoms with Gasteiger partial charge in [0.25, 0.3) is 0 Å². The van der Waals surface area contributed by atoms with Crippen molar-refractivity contribution in [3.05, 3.63) is 47.5 Å². The van der Waals surface area contributed by atoms with Crippen LogP contribution in [-0.2, 0) is 9.59 Å². The maximum Gasteiger partial charge on any atom is 0.233 e. The fourth-order valence-corrected chi connectivity index (χ4v) is 2.11. The van der Waals surface area contributed by atoms with Crippen LogP contribution in [-0.4, -0.2) is 26.0 Å². The van der Waals surface area contributed by atoms with Crippen molar-refractivity contribution < 1.29 is 19.1 Å². The first-order chi connectivity index (χ1) is 11.5. The van der Waals surface area contributed by atoms with Gasteiger partial charge in [0.05, 0.1) is 19.9 Å². The predicted molar refractivity (Wildman–Crippen MR) is 92.9 cm³/mol. The number of benzene rings is 2. The Morgan fingerprint density at radius 3 is 2.25 bits per heavy atom. The smallest absolute Gasteiger partial charge is 0.233 e. The molecule has 0 aliphatic carbocycles. The standard InChI is InChI=1S/C17H17ClN2O4/c1-23-13-7-8-14(15(9-13)24-2)20-17(22)10-16(21)19-12-5-3-11(18)4-6-12/h3-9H,10H2,1-2H3,(H,19,21)(H,20,22). The first-order valence-electron chi connectivity index (χ1n) is 7.09. The normalized spacial score (nSPS) is 9.96. The number of carbonyl (C=O) groups is 2. The summed E-state index contributed by atoms with van der Waals surface area (Å²) < 4.78 is 10.3. The second-order valence-corrected chi connectivity index (χ2v) is 5.28. The molecule has 0 radical (unpaired) electrons. The van der Waals surface area contributed by atoms with Crippen molar-refractivity contribution in [1.82, 2.24) is 0 Å². The van der Waals surface area contributed by atoms with Crippen LogP contribution in [0.5, 0.6) is 11.5 Å². The van der Waals surface area contributed by atoms with Crippen LogP contribution >= 0.6 is 11.6 Å². The molecule has 2 aromatic carbocycles. The lowest BCUT2D eigenvalue weighted by Crippen LogP contribution is -2.21. The van der Waals surface area contributed by atoms with Crippen molar-refractivity contribution in [2.75, 3.05) is 24.9 Å². The second kappa shape index (κ2) is 8.21. The summed E-state index contributed by atoms with van der Waals surface area (Å²) in [5, 5.41) is 5.83. The number of amides is 2. The lowest BCUT2D eigenvalue weighted by atomic mass is 10.2. The molecule has 7 heteroatoms. The molecule has 0 spiro atoms. The van der Waals surface area contributed by atoms with Crippen molar-refractivity contribution >= 4 is 34.8 Å². The third-order valence-electron chi connectivity index (χ3n) is 3.13. The van der Waals surface area contributed by atoms with Gasteiger partial charge in [0.15, 0.2) is 0 Å². The number of ether oxygens (including phenoxy) is 2. The molecule has 2 N–H and O–H groups in total. The summed E-state index contributed by atoms with van der Waals surface area (Å²) in [4.78, 5) is 23.9. The summed E-state index contributed by atoms with van der Waals surface area (Å²) in [5.41, 5.74) is 1.03. The van der Waals surface area contributed by atoms with Gasteiger partial charge in [0.1, 0.15) is 17.9 Å². The number of methoxy groups -OCH3 is 2. The maximum atomic E-state index is 12.0. The van der Waals surface area contributed by atoms with Gasteiger partial charge in [-0.05, 0) is 36.4 Å². The van der Waals surface area contributed by atoms with Crippen LogP contribution in [0.25, 0.3) is 0 Å². The van der Waals surface area contributed by atoms with Crippen molar-refractivity contribution in [2.24, 2.45) is 0 Å². The number of rotatable bonds is 6. The lowest BCUT2D eigenvalue weighted by Gasteiger charge is -2.11. The summed E-state index contributed by atoms with van der Waals surface area (Å²) in [5.74, 6) is 0.165. The van der Waals surface area contributed by atoms with Crippen LogP contribution in [0.1, 0.15) is 6.42 Å². The van der Waals surface area contributed by atoms with E-state index in [1.54, 1.807) is 42.5 Å². The van der Waals surface area contributed by atoms with Gasteiger partial charge in [-0.1, -0.05) is 11.6 Å². The molecular formula is C17H17ClN2O4. The Hall–Kier alpha value is -2.73. The Morgan fingerprint density at radius 1 is 0.958 bits per heavy atom. The van der Waals surface area contributed by atoms with E-state index in [9.17, 15) is 9.59 Å². The van der Waals surface area contributed by atoms with E-state index in [0.717, 1.165) is 0 Å². The van der Waals surface area contributed by atoms with Gasteiger partial charge in [0, 0.05) is 16.8 Å². The molecule has 2 aromatic rings. The summed E-state index contributed by atoms with van der Waals surface area (Å²) >= 11 is 5.78. The van der Waals surface area contributed by atoms with E-state index >= 15 is 0 Å². The molecule has 0 aliphatic rings. The van der Waals surface area contributed by atoms with E-state index in [-0.39, 0.29) is 6.42 Å². The molecule has 0 fully saturated rings. The third kappa shape index (κ3) is 4.89. The van der Waals surface area contributed by atoms with Crippen LogP contribution in [0.3, 0.4) is 0 Å². The van der Waals surface area contributed by atoms with Crippen LogP contribution < -0.4 is 20.1 Å². The van der Waals surface area contributed by atoms with Crippen molar-refractivity contribution in [2.45, 2.75) is 6.42 Å². The van der Waals surface area contributed by atoms with Crippen molar-refractivity contribution in [1.29, 1.82) is 0 Å². The molecule has 2 rings (SSSR count). The van der Waals surface area contributed by atoms with Gasteiger partial charge in [-0.2, -0.15) is 0 Å². The molecule has 0 aromatic heterocycles. The fraction of sp³-hybridized carbons (Fsp3) is 0.176. The van der Waals surface area contributed by atoms with Gasteiger partial charge in [-0.3, -0.25) is 9.59 Å². The van der Waals surface area contributed by atoms with Crippen molar-refractivity contribution in [3.8, 4) is 11.5 Å². The van der Waals surface area contributed by atoms with Gasteiger partial charge in [-0.15, -0.1) is 0 Å². The maximum absolute atomic E-state index is 12.0. The molecule has 0 aliphatic heterocycles. The van der Waals surface area contributed by atoms with E-state index in [1.165, 1.54) is 14.2 Å². The lowest BCUT2D eigenvalue weighted by molar-refractivity contribution is -0.123. The van der Waals surface area contributed by atoms with E-state index in [1.807, 2.05) is 0 Å². The van der Waals surface area contributed by atoms with Crippen LogP contribution in [0.2, 0.25) is 5.02 Å². The number of hydrogen-bond acceptors (Lipinski definition) is 4. The molecule has 0 atom stereocenters. The molecule has 0 saturated heterocycles. The molecular weight excluding hydrogens is 332 g/mol. The number of carbonyl (C=O) groups excluding carboxylic acids is 2. The Kier molecular flexibility index (Phi) is 6.03. The quantitative estimate of drug-likeness (QED) is 0.785. The molecule has 6 nitrogen and oxygen atoms in total. The molecule has 0 bridgehead atoms. The highest BCUT2D eigenvalue weighted by atomic mass is 35.5. The summed E-state index contributed by atoms with van der Waals surface area (Å²) in [6.07, 6.45) is -0.322. The monoisotopic (exact) mass is 348 g/mol. The minimum Gasteiger partial charge on any atom is -0.497 e. The highest BCUT2D eigenvalue weighted by molar-refractivity contribution is 6.30. The van der Waals surface area contributed by atoms with Gasteiger partial charge in [0.2, 0.25) is 11.8 Å². The number of nitrogens with one attached hydrogen (secondary N) is 2. The Labute approximate surface area is 144 Å². The first-order valence-corrected chi connectivity index (χ1v) is 7.47. The molecule has 2 amide bonds. The summed E-state index contributed by atoms with van der Waals surface area (Å²) in [7, 11) is 3.02. The first kappa shape index (κ1) is 17.6. The van der Waals surface area contributed by atoms with Gasteiger partial charge >= 0.3 is 0 Å². The zero-order chi connectivity index (χ0) is 17.5. The highest BCUT2D eigenvalue weighted by Gasteiger charge is 2.13. The molecule has 0 heterocycles. The molecule has 24 heavy (non-hydrogen) atoms. The largest absolute Gasteiger partial charge is 0.497 e. The van der Waals surface area contributed by atoms with Crippen molar-refractivity contribution in [3.63, 3.8) is 0 Å². The van der Waals surface area contributed by atoms with E-state index < -0.39 is 11.8 Å². The number of halogens is 1. The average Bonchev–Trinajstić information content (AvgIpc) is 2.57. The zero-order valence-electron chi connectivity index (χ0n) is 13.3. The molecule has 0 unspecified atom stereocenters. The average molecular weight is 349 g/mol. The van der Waals surface area contributed by atoms with E-state index in [0.29, 0.717) is 27.9 Å². The SMILES string of the molecule is COc1ccc(NC(=O)CC(=O)Nc2ccc(Cl)cc2)c(OC)c1. The van der Waals surface area contributed by atoms with E-state index in [4.69, 9.17) is 21.1 Å². The van der Waals surface area contributed by atoms with Gasteiger partial charge in [-0.25, -0.2) is 0 Å². The third-order valence-corrected chi connectivity index (χ3v) is 3.38. The Morgan fingerprint density at radius 2 is 1.62 bits per heavy atom. The minimum atomic E-state index is -0.454. The Bertz CT molecular complexity index is 732. The number of anilines is 2. The summed E-state index contributed by atoms with van der Waals surface area (Å²) in [6, 6.07) is 11.6. The highest BCUT2D eigenvalue weighted by Crippen LogP contribution is 2.29. The minimum absolute atomic E-state index is 0.322.